The number of carboxylic acid groups (broad SMARTS) is 1. The van der Waals surface area contributed by atoms with Gasteiger partial charge in [-0.1, -0.05) is 12.0 Å². The number of carboxylic acids is 1. The summed E-state index contributed by atoms with van der Waals surface area (Å²) in [4.78, 5) is 36.1. The van der Waals surface area contributed by atoms with Crippen LogP contribution >= 0.6 is 0 Å². The van der Waals surface area contributed by atoms with Crippen LogP contribution in [0.25, 0.3) is 33.4 Å². The summed E-state index contributed by atoms with van der Waals surface area (Å²) >= 11 is 0. The molecule has 3 N–H and O–H groups in total. The lowest BCUT2D eigenvalue weighted by atomic mass is 9.89. The number of rotatable bonds is 5. The third kappa shape index (κ3) is 3.89. The molecule has 0 atom stereocenters. The van der Waals surface area contributed by atoms with Crippen LogP contribution in [0.15, 0.2) is 63.8 Å². The summed E-state index contributed by atoms with van der Waals surface area (Å²) in [5, 5.41) is 22.9. The average Bonchev–Trinajstić information content (AvgIpc) is 2.75. The number of amides is 1. The van der Waals surface area contributed by atoms with Crippen molar-refractivity contribution in [2.24, 2.45) is 0 Å². The Morgan fingerprint density at radius 1 is 1.03 bits per heavy atom. The van der Waals surface area contributed by atoms with Gasteiger partial charge in [0.15, 0.2) is 5.43 Å². The number of phenols is 1. The van der Waals surface area contributed by atoms with E-state index in [9.17, 15) is 24.6 Å². The van der Waals surface area contributed by atoms with E-state index in [4.69, 9.17) is 10.8 Å². The highest BCUT2D eigenvalue weighted by Crippen LogP contribution is 2.42. The van der Waals surface area contributed by atoms with Gasteiger partial charge in [-0.3, -0.25) is 9.59 Å². The van der Waals surface area contributed by atoms with E-state index in [-0.39, 0.29) is 47.0 Å². The number of carbonyl (C=O) groups is 2. The highest BCUT2D eigenvalue weighted by Gasteiger charge is 2.22. The number of terminal acetylenes is 1. The summed E-state index contributed by atoms with van der Waals surface area (Å²) in [5.74, 6) is 1.09. The van der Waals surface area contributed by atoms with E-state index >= 15 is 0 Å². The molecule has 1 heterocycles. The van der Waals surface area contributed by atoms with E-state index in [1.54, 1.807) is 24.3 Å². The Kier molecular flexibility index (Phi) is 5.36. The van der Waals surface area contributed by atoms with E-state index in [2.05, 4.69) is 11.2 Å². The van der Waals surface area contributed by atoms with Crippen molar-refractivity contribution in [2.75, 3.05) is 6.54 Å². The minimum Gasteiger partial charge on any atom is -0.508 e. The first-order valence-corrected chi connectivity index (χ1v) is 9.63. The molecular weight excluding hydrogens is 410 g/mol. The summed E-state index contributed by atoms with van der Waals surface area (Å²) in [6, 6.07) is 13.4. The Morgan fingerprint density at radius 2 is 1.84 bits per heavy atom. The molecule has 2 aromatic carbocycles. The average molecular weight is 427 g/mol. The number of nitrogens with one attached hydrogen (secondary N) is 1. The van der Waals surface area contributed by atoms with Gasteiger partial charge in [0.25, 0.3) is 0 Å². The van der Waals surface area contributed by atoms with Gasteiger partial charge in [0.2, 0.25) is 5.91 Å². The van der Waals surface area contributed by atoms with Gasteiger partial charge >= 0.3 is 5.97 Å². The lowest BCUT2D eigenvalue weighted by Crippen LogP contribution is -2.25. The summed E-state index contributed by atoms with van der Waals surface area (Å²) in [6.45, 7) is 0.0926. The van der Waals surface area contributed by atoms with E-state index in [1.165, 1.54) is 30.3 Å². The molecule has 0 unspecified atom stereocenters. The first kappa shape index (κ1) is 20.7. The van der Waals surface area contributed by atoms with Crippen LogP contribution < -0.4 is 10.7 Å². The maximum Gasteiger partial charge on any atom is 0.336 e. The minimum atomic E-state index is -1.15. The van der Waals surface area contributed by atoms with Crippen LogP contribution in [0.2, 0.25) is 0 Å². The first-order valence-electron chi connectivity index (χ1n) is 9.63. The molecule has 2 aliphatic rings. The van der Waals surface area contributed by atoms with Gasteiger partial charge in [-0.2, -0.15) is 0 Å². The molecule has 0 saturated heterocycles. The Balaban J connectivity index is 2.00. The minimum absolute atomic E-state index is 0.00709. The highest BCUT2D eigenvalue weighted by atomic mass is 16.4. The molecule has 0 aromatic heterocycles. The number of aromatic hydroxyl groups is 1. The Labute approximate surface area is 182 Å². The van der Waals surface area contributed by atoms with E-state index in [0.717, 1.165) is 0 Å². The molecule has 32 heavy (non-hydrogen) atoms. The van der Waals surface area contributed by atoms with Crippen molar-refractivity contribution in [2.45, 2.75) is 6.42 Å². The van der Waals surface area contributed by atoms with Crippen LogP contribution in [-0.2, 0) is 11.2 Å². The number of hydrogen-bond acceptors (Lipinski definition) is 5. The van der Waals surface area contributed by atoms with Crippen molar-refractivity contribution in [1.29, 1.82) is 0 Å². The topological polar surface area (TPSA) is 117 Å². The molecule has 7 heteroatoms. The van der Waals surface area contributed by atoms with Crippen molar-refractivity contribution in [3.63, 3.8) is 0 Å². The molecule has 0 fully saturated rings. The molecule has 4 rings (SSSR count). The predicted octanol–water partition coefficient (Wildman–Crippen LogP) is 3.26. The SMILES string of the molecule is C#CCNC(=O)Cc1ccc(C(=O)O)c(-c2c3ccc(=O)cc-3oc3cc(O)ccc23)c1. The van der Waals surface area contributed by atoms with Gasteiger partial charge in [-0.25, -0.2) is 4.79 Å². The maximum absolute atomic E-state index is 12.1. The van der Waals surface area contributed by atoms with E-state index in [0.29, 0.717) is 27.6 Å². The molecule has 1 aliphatic carbocycles. The number of aromatic carboxylic acids is 1. The van der Waals surface area contributed by atoms with Gasteiger partial charge in [-0.05, 0) is 47.5 Å². The summed E-state index contributed by atoms with van der Waals surface area (Å²) in [7, 11) is 0. The Hall–Kier alpha value is -4.57. The van der Waals surface area contributed by atoms with Crippen LogP contribution in [0.3, 0.4) is 0 Å². The van der Waals surface area contributed by atoms with Crippen LogP contribution in [0.1, 0.15) is 15.9 Å². The second-order valence-corrected chi connectivity index (χ2v) is 7.16. The first-order chi connectivity index (χ1) is 15.4. The zero-order valence-electron chi connectivity index (χ0n) is 16.7. The maximum atomic E-state index is 12.1. The van der Waals surface area contributed by atoms with Crippen molar-refractivity contribution < 1.29 is 24.2 Å². The van der Waals surface area contributed by atoms with Gasteiger partial charge in [-0.15, -0.1) is 6.42 Å². The van der Waals surface area contributed by atoms with Gasteiger partial charge < -0.3 is 19.9 Å². The van der Waals surface area contributed by atoms with E-state index in [1.807, 2.05) is 0 Å². The fraction of sp³-hybridized carbons (Fsp3) is 0.0800. The molecule has 2 aromatic rings. The third-order valence-corrected chi connectivity index (χ3v) is 5.01. The number of carbonyl (C=O) groups excluding carboxylic acids is 1. The third-order valence-electron chi connectivity index (χ3n) is 5.01. The predicted molar refractivity (Wildman–Crippen MR) is 119 cm³/mol. The second-order valence-electron chi connectivity index (χ2n) is 7.16. The standard InChI is InChI=1S/C25H17NO6/c1-2-9-26-23(29)11-14-3-6-17(25(30)31)20(10-14)24-18-7-4-15(27)12-21(18)32-22-13-16(28)5-8-19(22)24/h1,3-8,10,12-13,27H,9,11H2,(H,26,29)(H,30,31). The lowest BCUT2D eigenvalue weighted by Gasteiger charge is -2.17. The van der Waals surface area contributed by atoms with E-state index < -0.39 is 5.97 Å². The summed E-state index contributed by atoms with van der Waals surface area (Å²) < 4.78 is 5.82. The molecule has 7 nitrogen and oxygen atoms in total. The number of phenolic OH excluding ortho intramolecular Hbond substituents is 1. The smallest absolute Gasteiger partial charge is 0.336 e. The fourth-order valence-corrected chi connectivity index (χ4v) is 3.64. The number of hydrogen-bond donors (Lipinski definition) is 3. The van der Waals surface area contributed by atoms with Crippen molar-refractivity contribution in [1.82, 2.24) is 5.32 Å². The molecular formula is C25H17NO6. The van der Waals surface area contributed by atoms with Crippen molar-refractivity contribution in [3.8, 4) is 40.5 Å². The molecule has 0 radical (unpaired) electrons. The van der Waals surface area contributed by atoms with Crippen LogP contribution in [-0.4, -0.2) is 28.6 Å². The molecule has 158 valence electrons. The largest absolute Gasteiger partial charge is 0.508 e. The molecule has 0 saturated carbocycles. The fourth-order valence-electron chi connectivity index (χ4n) is 3.64. The second kappa shape index (κ2) is 8.28. The molecule has 1 aliphatic heterocycles. The van der Waals surface area contributed by atoms with Crippen molar-refractivity contribution in [3.05, 3.63) is 75.9 Å². The van der Waals surface area contributed by atoms with Crippen LogP contribution in [0, 0.1) is 12.3 Å². The van der Waals surface area contributed by atoms with Gasteiger partial charge in [0.05, 0.1) is 18.5 Å². The van der Waals surface area contributed by atoms with Gasteiger partial charge in [0, 0.05) is 28.6 Å². The Bertz CT molecular complexity index is 1440. The summed E-state index contributed by atoms with van der Waals surface area (Å²) in [6.07, 6.45) is 5.18. The lowest BCUT2D eigenvalue weighted by molar-refractivity contribution is -0.120. The summed E-state index contributed by atoms with van der Waals surface area (Å²) in [5.41, 5.74) is 2.01. The Morgan fingerprint density at radius 3 is 2.59 bits per heavy atom. The van der Waals surface area contributed by atoms with Crippen molar-refractivity contribution >= 4 is 22.8 Å². The zero-order chi connectivity index (χ0) is 22.8. The normalized spacial score (nSPS) is 10.7. The highest BCUT2D eigenvalue weighted by molar-refractivity contribution is 6.07. The van der Waals surface area contributed by atoms with Crippen LogP contribution in [0.4, 0.5) is 0 Å². The number of fused-ring (bicyclic) bond motifs is 2. The molecule has 0 spiro atoms. The zero-order valence-corrected chi connectivity index (χ0v) is 16.7. The monoisotopic (exact) mass is 427 g/mol. The molecule has 1 amide bonds. The van der Waals surface area contributed by atoms with Crippen LogP contribution in [0.5, 0.6) is 5.75 Å². The van der Waals surface area contributed by atoms with Gasteiger partial charge in [0.1, 0.15) is 17.1 Å². The molecule has 0 bridgehead atoms. The number of benzene rings is 3. The quantitative estimate of drug-likeness (QED) is 0.333.